The fraction of sp³-hybridized carbons (Fsp3) is 0.0909. The lowest BCUT2D eigenvalue weighted by Gasteiger charge is -2.06. The molecular weight excluding hydrogens is 303 g/mol. The molecule has 3 N–H and O–H groups in total. The van der Waals surface area contributed by atoms with Crippen LogP contribution in [0, 0.1) is 17.7 Å². The summed E-state index contributed by atoms with van der Waals surface area (Å²) in [7, 11) is -4.04. The standard InChI is InChI=1S/C11H9FN4O2S2/c12-9-6-8(2-1-5-13)3-4-10(9)20(17,18)16-11-15-14-7-19-11/h3-4,6-7H,5,13H2,(H,15,16). The minimum atomic E-state index is -4.04. The third-order valence-electron chi connectivity index (χ3n) is 2.14. The number of aromatic nitrogens is 2. The molecule has 0 amide bonds. The van der Waals surface area contributed by atoms with Crippen molar-refractivity contribution in [3.05, 3.63) is 35.1 Å². The molecule has 0 unspecified atom stereocenters. The van der Waals surface area contributed by atoms with E-state index in [-0.39, 0.29) is 11.7 Å². The van der Waals surface area contributed by atoms with Crippen LogP contribution in [0.3, 0.4) is 0 Å². The van der Waals surface area contributed by atoms with E-state index in [1.54, 1.807) is 0 Å². The van der Waals surface area contributed by atoms with Crippen molar-refractivity contribution in [1.82, 2.24) is 10.2 Å². The zero-order valence-electron chi connectivity index (χ0n) is 10.00. The number of nitrogens with zero attached hydrogens (tertiary/aromatic N) is 2. The van der Waals surface area contributed by atoms with Gasteiger partial charge in [0.15, 0.2) is 0 Å². The van der Waals surface area contributed by atoms with Gasteiger partial charge in [0.2, 0.25) is 5.13 Å². The molecule has 1 heterocycles. The number of benzene rings is 1. The summed E-state index contributed by atoms with van der Waals surface area (Å²) in [5.74, 6) is 4.28. The molecule has 0 bridgehead atoms. The van der Waals surface area contributed by atoms with Crippen molar-refractivity contribution in [2.45, 2.75) is 4.90 Å². The van der Waals surface area contributed by atoms with E-state index < -0.39 is 20.7 Å². The topological polar surface area (TPSA) is 98.0 Å². The van der Waals surface area contributed by atoms with E-state index in [0.29, 0.717) is 5.56 Å². The molecule has 0 fully saturated rings. The monoisotopic (exact) mass is 312 g/mol. The molecule has 0 atom stereocenters. The second kappa shape index (κ2) is 5.96. The maximum Gasteiger partial charge on any atom is 0.266 e. The Kier molecular flexibility index (Phi) is 4.29. The summed E-state index contributed by atoms with van der Waals surface area (Å²) in [6.45, 7) is 0.139. The fourth-order valence-corrected chi connectivity index (χ4v) is 3.09. The van der Waals surface area contributed by atoms with Crippen LogP contribution in [0.2, 0.25) is 0 Å². The summed E-state index contributed by atoms with van der Waals surface area (Å²) in [6.07, 6.45) is 0. The lowest BCUT2D eigenvalue weighted by Crippen LogP contribution is -2.14. The molecule has 0 radical (unpaired) electrons. The van der Waals surface area contributed by atoms with Gasteiger partial charge in [0.25, 0.3) is 10.0 Å². The van der Waals surface area contributed by atoms with Crippen molar-refractivity contribution in [2.24, 2.45) is 5.73 Å². The Labute approximate surface area is 118 Å². The van der Waals surface area contributed by atoms with Crippen LogP contribution in [0.25, 0.3) is 0 Å². The number of sulfonamides is 1. The van der Waals surface area contributed by atoms with E-state index >= 15 is 0 Å². The van der Waals surface area contributed by atoms with Gasteiger partial charge in [0.1, 0.15) is 16.2 Å². The molecule has 6 nitrogen and oxygen atoms in total. The molecule has 9 heteroatoms. The molecule has 2 rings (SSSR count). The van der Waals surface area contributed by atoms with Crippen LogP contribution in [0.4, 0.5) is 9.52 Å². The largest absolute Gasteiger partial charge is 0.320 e. The summed E-state index contributed by atoms with van der Waals surface area (Å²) >= 11 is 0.993. The lowest BCUT2D eigenvalue weighted by molar-refractivity contribution is 0.570. The highest BCUT2D eigenvalue weighted by atomic mass is 32.2. The van der Waals surface area contributed by atoms with Gasteiger partial charge in [-0.3, -0.25) is 4.72 Å². The highest BCUT2D eigenvalue weighted by Gasteiger charge is 2.20. The molecule has 20 heavy (non-hydrogen) atoms. The summed E-state index contributed by atoms with van der Waals surface area (Å²) in [6, 6.07) is 3.58. The van der Waals surface area contributed by atoms with E-state index in [1.165, 1.54) is 11.6 Å². The van der Waals surface area contributed by atoms with Crippen LogP contribution in [0.1, 0.15) is 5.56 Å². The van der Waals surface area contributed by atoms with Gasteiger partial charge < -0.3 is 5.73 Å². The average Bonchev–Trinajstić information content (AvgIpc) is 2.88. The van der Waals surface area contributed by atoms with E-state index in [0.717, 1.165) is 23.5 Å². The van der Waals surface area contributed by atoms with Crippen molar-refractivity contribution >= 4 is 26.5 Å². The Morgan fingerprint density at radius 3 is 2.85 bits per heavy atom. The molecule has 1 aromatic carbocycles. The number of halogens is 1. The minimum Gasteiger partial charge on any atom is -0.320 e. The average molecular weight is 312 g/mol. The van der Waals surface area contributed by atoms with Gasteiger partial charge in [-0.25, -0.2) is 12.8 Å². The van der Waals surface area contributed by atoms with E-state index in [1.807, 2.05) is 0 Å². The molecule has 0 saturated carbocycles. The molecular formula is C11H9FN4O2S2. The van der Waals surface area contributed by atoms with Gasteiger partial charge in [0, 0.05) is 5.56 Å². The highest BCUT2D eigenvalue weighted by molar-refractivity contribution is 7.93. The predicted molar refractivity (Wildman–Crippen MR) is 73.0 cm³/mol. The SMILES string of the molecule is NCC#Cc1ccc(S(=O)(=O)Nc2nncs2)c(F)c1. The molecule has 0 aliphatic carbocycles. The smallest absolute Gasteiger partial charge is 0.266 e. The van der Waals surface area contributed by atoms with Gasteiger partial charge in [-0.1, -0.05) is 23.2 Å². The number of hydrogen-bond donors (Lipinski definition) is 2. The zero-order chi connectivity index (χ0) is 14.6. The minimum absolute atomic E-state index is 0.0661. The van der Waals surface area contributed by atoms with Crippen molar-refractivity contribution in [3.63, 3.8) is 0 Å². The first-order valence-electron chi connectivity index (χ1n) is 5.30. The van der Waals surface area contributed by atoms with Crippen LogP contribution in [-0.2, 0) is 10.0 Å². The van der Waals surface area contributed by atoms with E-state index in [4.69, 9.17) is 5.73 Å². The lowest BCUT2D eigenvalue weighted by atomic mass is 10.2. The van der Waals surface area contributed by atoms with Crippen LogP contribution < -0.4 is 10.5 Å². The van der Waals surface area contributed by atoms with Crippen LogP contribution >= 0.6 is 11.3 Å². The second-order valence-corrected chi connectivity index (χ2v) is 5.98. The van der Waals surface area contributed by atoms with Crippen LogP contribution in [0.5, 0.6) is 0 Å². The van der Waals surface area contributed by atoms with Gasteiger partial charge in [0.05, 0.1) is 6.54 Å². The number of nitrogens with one attached hydrogen (secondary N) is 1. The summed E-state index contributed by atoms with van der Waals surface area (Å²) in [4.78, 5) is -0.481. The van der Waals surface area contributed by atoms with Crippen molar-refractivity contribution < 1.29 is 12.8 Å². The Morgan fingerprint density at radius 2 is 2.25 bits per heavy atom. The van der Waals surface area contributed by atoms with E-state index in [2.05, 4.69) is 26.8 Å². The third kappa shape index (κ3) is 3.30. The van der Waals surface area contributed by atoms with Gasteiger partial charge >= 0.3 is 0 Å². The number of hydrogen-bond acceptors (Lipinski definition) is 6. The molecule has 2 aromatic rings. The second-order valence-electron chi connectivity index (χ2n) is 3.50. The number of nitrogens with two attached hydrogens (primary N) is 1. The maximum absolute atomic E-state index is 13.9. The molecule has 0 saturated heterocycles. The Balaban J connectivity index is 2.33. The Morgan fingerprint density at radius 1 is 1.45 bits per heavy atom. The first-order chi connectivity index (χ1) is 9.53. The maximum atomic E-state index is 13.9. The quantitative estimate of drug-likeness (QED) is 0.817. The number of anilines is 1. The molecule has 1 aromatic heterocycles. The summed E-state index contributed by atoms with van der Waals surface area (Å²) in [5, 5.41) is 7.09. The molecule has 0 aliphatic heterocycles. The molecule has 104 valence electrons. The Bertz CT molecular complexity index is 763. The van der Waals surface area contributed by atoms with Gasteiger partial charge in [-0.15, -0.1) is 10.2 Å². The third-order valence-corrected chi connectivity index (χ3v) is 4.25. The van der Waals surface area contributed by atoms with Gasteiger partial charge in [-0.2, -0.15) is 0 Å². The van der Waals surface area contributed by atoms with Crippen molar-refractivity contribution in [3.8, 4) is 11.8 Å². The van der Waals surface area contributed by atoms with Crippen LogP contribution in [0.15, 0.2) is 28.6 Å². The van der Waals surface area contributed by atoms with Crippen LogP contribution in [-0.4, -0.2) is 25.2 Å². The first kappa shape index (κ1) is 14.4. The van der Waals surface area contributed by atoms with Crippen molar-refractivity contribution in [1.29, 1.82) is 0 Å². The molecule has 0 aliphatic rings. The normalized spacial score (nSPS) is 10.7. The predicted octanol–water partition coefficient (Wildman–Crippen LogP) is 0.788. The summed E-state index contributed by atoms with van der Waals surface area (Å²) < 4.78 is 39.9. The number of rotatable bonds is 3. The highest BCUT2D eigenvalue weighted by Crippen LogP contribution is 2.20. The van der Waals surface area contributed by atoms with E-state index in [9.17, 15) is 12.8 Å². The molecule has 0 spiro atoms. The first-order valence-corrected chi connectivity index (χ1v) is 7.66. The zero-order valence-corrected chi connectivity index (χ0v) is 11.6. The van der Waals surface area contributed by atoms with Crippen molar-refractivity contribution in [2.75, 3.05) is 11.3 Å². The fourth-order valence-electron chi connectivity index (χ4n) is 1.34. The Hall–Kier alpha value is -2.02. The summed E-state index contributed by atoms with van der Waals surface area (Å²) in [5.41, 5.74) is 6.92. The van der Waals surface area contributed by atoms with Gasteiger partial charge in [-0.05, 0) is 18.2 Å².